The Labute approximate surface area is 86.6 Å². The highest BCUT2D eigenvalue weighted by molar-refractivity contribution is 7.13. The normalized spacial score (nSPS) is 10.7. The van der Waals surface area contributed by atoms with Gasteiger partial charge in [0.25, 0.3) is 0 Å². The summed E-state index contributed by atoms with van der Waals surface area (Å²) in [6.45, 7) is 2.48. The number of hydrogen-bond donors (Lipinski definition) is 1. The number of thiophene rings is 1. The van der Waals surface area contributed by atoms with Crippen LogP contribution in [0.15, 0.2) is 21.9 Å². The molecule has 0 fully saturated rings. The van der Waals surface area contributed by atoms with Crippen molar-refractivity contribution in [2.24, 2.45) is 5.73 Å². The van der Waals surface area contributed by atoms with E-state index in [2.05, 4.69) is 4.98 Å². The second kappa shape index (κ2) is 3.94. The van der Waals surface area contributed by atoms with E-state index in [4.69, 9.17) is 10.2 Å². The molecule has 0 aliphatic heterocycles. The van der Waals surface area contributed by atoms with Crippen LogP contribution in [0.25, 0.3) is 10.8 Å². The molecule has 0 aliphatic rings. The molecule has 2 aromatic heterocycles. The molecule has 0 bridgehead atoms. The van der Waals surface area contributed by atoms with Crippen molar-refractivity contribution in [1.29, 1.82) is 0 Å². The molecule has 0 saturated carbocycles. The molecule has 0 aliphatic carbocycles. The Balaban J connectivity index is 2.41. The number of aromatic nitrogens is 1. The first-order chi connectivity index (χ1) is 6.85. The highest BCUT2D eigenvalue weighted by atomic mass is 32.1. The minimum absolute atomic E-state index is 0.443. The maximum absolute atomic E-state index is 5.62. The quantitative estimate of drug-likeness (QED) is 0.842. The third-order valence-electron chi connectivity index (χ3n) is 2.02. The molecule has 0 spiro atoms. The molecule has 0 atom stereocenters. The Bertz CT molecular complexity index is 384. The van der Waals surface area contributed by atoms with Crippen molar-refractivity contribution in [3.63, 3.8) is 0 Å². The van der Waals surface area contributed by atoms with E-state index in [0.717, 1.165) is 22.8 Å². The van der Waals surface area contributed by atoms with Gasteiger partial charge in [-0.15, -0.1) is 11.3 Å². The third kappa shape index (κ3) is 1.58. The predicted molar refractivity (Wildman–Crippen MR) is 57.1 cm³/mol. The van der Waals surface area contributed by atoms with Crippen LogP contribution in [-0.4, -0.2) is 4.98 Å². The fourth-order valence-corrected chi connectivity index (χ4v) is 1.97. The van der Waals surface area contributed by atoms with Crippen LogP contribution in [0.1, 0.15) is 18.4 Å². The summed E-state index contributed by atoms with van der Waals surface area (Å²) in [6.07, 6.45) is 0.838. The van der Waals surface area contributed by atoms with Gasteiger partial charge in [-0.05, 0) is 11.4 Å². The number of nitrogens with two attached hydrogens (primary N) is 1. The Kier molecular flexibility index (Phi) is 2.65. The second-order valence-corrected chi connectivity index (χ2v) is 3.87. The van der Waals surface area contributed by atoms with E-state index in [0.29, 0.717) is 12.4 Å². The van der Waals surface area contributed by atoms with Crippen LogP contribution in [-0.2, 0) is 13.0 Å². The summed E-state index contributed by atoms with van der Waals surface area (Å²) < 4.78 is 5.62. The summed E-state index contributed by atoms with van der Waals surface area (Å²) in [5, 5.41) is 2.01. The molecule has 14 heavy (non-hydrogen) atoms. The maximum atomic E-state index is 5.62. The van der Waals surface area contributed by atoms with Crippen molar-refractivity contribution in [1.82, 2.24) is 4.98 Å². The largest absolute Gasteiger partial charge is 0.440 e. The van der Waals surface area contributed by atoms with Crippen LogP contribution in [0.2, 0.25) is 0 Å². The minimum Gasteiger partial charge on any atom is -0.440 e. The van der Waals surface area contributed by atoms with Gasteiger partial charge < -0.3 is 10.2 Å². The first-order valence-electron chi connectivity index (χ1n) is 4.57. The van der Waals surface area contributed by atoms with Gasteiger partial charge in [-0.1, -0.05) is 13.0 Å². The van der Waals surface area contributed by atoms with Gasteiger partial charge in [0.15, 0.2) is 0 Å². The number of hydrogen-bond acceptors (Lipinski definition) is 4. The highest BCUT2D eigenvalue weighted by Crippen LogP contribution is 2.26. The summed E-state index contributed by atoms with van der Waals surface area (Å²) >= 11 is 1.62. The Hall–Kier alpha value is -1.13. The monoisotopic (exact) mass is 208 g/mol. The highest BCUT2D eigenvalue weighted by Gasteiger charge is 2.12. The van der Waals surface area contributed by atoms with E-state index >= 15 is 0 Å². The van der Waals surface area contributed by atoms with E-state index in [9.17, 15) is 0 Å². The van der Waals surface area contributed by atoms with Crippen LogP contribution in [0.5, 0.6) is 0 Å². The van der Waals surface area contributed by atoms with E-state index in [1.807, 2.05) is 24.4 Å². The smallest absolute Gasteiger partial charge is 0.236 e. The van der Waals surface area contributed by atoms with Crippen LogP contribution in [0, 0.1) is 0 Å². The van der Waals surface area contributed by atoms with Gasteiger partial charge in [0, 0.05) is 13.0 Å². The third-order valence-corrected chi connectivity index (χ3v) is 2.88. The average molecular weight is 208 g/mol. The van der Waals surface area contributed by atoms with Gasteiger partial charge in [0.05, 0.1) is 10.6 Å². The molecule has 3 nitrogen and oxygen atoms in total. The molecule has 0 unspecified atom stereocenters. The summed E-state index contributed by atoms with van der Waals surface area (Å²) in [5.41, 5.74) is 6.45. The molecule has 2 aromatic rings. The summed E-state index contributed by atoms with van der Waals surface area (Å²) in [6, 6.07) is 3.98. The summed E-state index contributed by atoms with van der Waals surface area (Å²) in [7, 11) is 0. The van der Waals surface area contributed by atoms with Crippen LogP contribution >= 0.6 is 11.3 Å². The van der Waals surface area contributed by atoms with Crippen molar-refractivity contribution < 1.29 is 4.42 Å². The number of oxazole rings is 1. The predicted octanol–water partition coefficient (Wildman–Crippen LogP) is 2.42. The molecule has 4 heteroatoms. The lowest BCUT2D eigenvalue weighted by Crippen LogP contribution is -1.99. The lowest BCUT2D eigenvalue weighted by Gasteiger charge is -1.89. The molecule has 0 amide bonds. The van der Waals surface area contributed by atoms with Crippen molar-refractivity contribution >= 4 is 11.3 Å². The average Bonchev–Trinajstić information content (AvgIpc) is 2.85. The van der Waals surface area contributed by atoms with Gasteiger partial charge in [-0.25, -0.2) is 4.98 Å². The Morgan fingerprint density at radius 3 is 2.93 bits per heavy atom. The fourth-order valence-electron chi connectivity index (χ4n) is 1.32. The van der Waals surface area contributed by atoms with Crippen molar-refractivity contribution in [3.05, 3.63) is 29.0 Å². The maximum Gasteiger partial charge on any atom is 0.236 e. The van der Waals surface area contributed by atoms with Crippen LogP contribution in [0.4, 0.5) is 0 Å². The lowest BCUT2D eigenvalue weighted by atomic mass is 10.3. The van der Waals surface area contributed by atoms with Crippen molar-refractivity contribution in [3.8, 4) is 10.8 Å². The zero-order valence-electron chi connectivity index (χ0n) is 7.99. The SMILES string of the molecule is CCc1oc(-c2cccs2)nc1CN. The molecule has 2 N–H and O–H groups in total. The molecular formula is C10H12N2OS. The van der Waals surface area contributed by atoms with E-state index < -0.39 is 0 Å². The van der Waals surface area contributed by atoms with Crippen molar-refractivity contribution in [2.75, 3.05) is 0 Å². The van der Waals surface area contributed by atoms with Gasteiger partial charge in [0.2, 0.25) is 5.89 Å². The van der Waals surface area contributed by atoms with Crippen LogP contribution < -0.4 is 5.73 Å². The van der Waals surface area contributed by atoms with Crippen molar-refractivity contribution in [2.45, 2.75) is 19.9 Å². The molecule has 0 aromatic carbocycles. The fraction of sp³-hybridized carbons (Fsp3) is 0.300. The Morgan fingerprint density at radius 1 is 1.57 bits per heavy atom. The van der Waals surface area contributed by atoms with Gasteiger partial charge >= 0.3 is 0 Å². The summed E-state index contributed by atoms with van der Waals surface area (Å²) in [4.78, 5) is 5.42. The van der Waals surface area contributed by atoms with Gasteiger partial charge in [-0.2, -0.15) is 0 Å². The Morgan fingerprint density at radius 2 is 2.43 bits per heavy atom. The molecule has 2 rings (SSSR count). The summed E-state index contributed by atoms with van der Waals surface area (Å²) in [5.74, 6) is 1.59. The number of rotatable bonds is 3. The molecule has 74 valence electrons. The van der Waals surface area contributed by atoms with Gasteiger partial charge in [-0.3, -0.25) is 0 Å². The van der Waals surface area contributed by atoms with Crippen LogP contribution in [0.3, 0.4) is 0 Å². The standard InChI is InChI=1S/C10H12N2OS/c1-2-8-7(6-11)12-10(13-8)9-4-3-5-14-9/h3-5H,2,6,11H2,1H3. The first kappa shape index (κ1) is 9.43. The lowest BCUT2D eigenvalue weighted by molar-refractivity contribution is 0.522. The van der Waals surface area contributed by atoms with E-state index in [1.54, 1.807) is 11.3 Å². The number of aryl methyl sites for hydroxylation is 1. The minimum atomic E-state index is 0.443. The zero-order valence-corrected chi connectivity index (χ0v) is 8.80. The number of nitrogens with zero attached hydrogens (tertiary/aromatic N) is 1. The first-order valence-corrected chi connectivity index (χ1v) is 5.45. The van der Waals surface area contributed by atoms with Gasteiger partial charge in [0.1, 0.15) is 5.76 Å². The molecule has 2 heterocycles. The zero-order chi connectivity index (χ0) is 9.97. The molecular weight excluding hydrogens is 196 g/mol. The molecule has 0 saturated heterocycles. The van der Waals surface area contributed by atoms with E-state index in [1.165, 1.54) is 0 Å². The second-order valence-electron chi connectivity index (χ2n) is 2.92. The topological polar surface area (TPSA) is 52.0 Å². The molecule has 0 radical (unpaired) electrons. The van der Waals surface area contributed by atoms with E-state index in [-0.39, 0.29) is 0 Å².